The molecule has 14 rings (SSSR count). The molecule has 0 aliphatic heterocycles. The maximum atomic E-state index is 2.48. The van der Waals surface area contributed by atoms with Crippen LogP contribution in [0.5, 0.6) is 0 Å². The minimum Gasteiger partial charge on any atom is -0.309 e. The van der Waals surface area contributed by atoms with E-state index in [2.05, 4.69) is 253 Å². The summed E-state index contributed by atoms with van der Waals surface area (Å²) in [6.45, 7) is 0. The fraction of sp³-hybridized carbons (Fsp3) is 0. The maximum Gasteiger partial charge on any atom is 0.0553 e. The van der Waals surface area contributed by atoms with E-state index in [1.54, 1.807) is 0 Å². The molecule has 0 atom stereocenters. The number of aromatic nitrogens is 1. The zero-order valence-corrected chi connectivity index (χ0v) is 36.6. The van der Waals surface area contributed by atoms with Crippen LogP contribution in [-0.2, 0) is 0 Å². The van der Waals surface area contributed by atoms with Gasteiger partial charge in [-0.05, 0) is 146 Å². The second kappa shape index (κ2) is 14.9. The minimum absolute atomic E-state index is 1.15. The van der Waals surface area contributed by atoms with Crippen LogP contribution in [0.4, 0.5) is 0 Å². The van der Waals surface area contributed by atoms with Gasteiger partial charge in [0.1, 0.15) is 0 Å². The first-order valence-corrected chi connectivity index (χ1v) is 23.2. The molecule has 0 bridgehead atoms. The largest absolute Gasteiger partial charge is 0.309 e. The van der Waals surface area contributed by atoms with Crippen LogP contribution in [-0.4, -0.2) is 4.57 Å². The summed E-state index contributed by atoms with van der Waals surface area (Å²) in [7, 11) is 0. The molecule has 0 aliphatic carbocycles. The summed E-state index contributed by atoms with van der Waals surface area (Å²) in [5.41, 5.74) is 13.4. The van der Waals surface area contributed by atoms with Crippen molar-refractivity contribution in [3.8, 4) is 50.2 Å². The van der Waals surface area contributed by atoms with E-state index in [-0.39, 0.29) is 0 Å². The van der Waals surface area contributed by atoms with E-state index in [4.69, 9.17) is 0 Å². The number of fused-ring (bicyclic) bond motifs is 13. The van der Waals surface area contributed by atoms with Crippen LogP contribution in [0.1, 0.15) is 0 Å². The Morgan fingerprint density at radius 1 is 0.209 bits per heavy atom. The lowest BCUT2D eigenvalue weighted by Gasteiger charge is -2.14. The first-order chi connectivity index (χ1) is 33.2. The van der Waals surface area contributed by atoms with Crippen molar-refractivity contribution >= 4 is 86.4 Å². The van der Waals surface area contributed by atoms with Gasteiger partial charge in [-0.3, -0.25) is 0 Å². The number of hydrogen-bond donors (Lipinski definition) is 0. The van der Waals surface area contributed by atoms with Gasteiger partial charge >= 0.3 is 0 Å². The van der Waals surface area contributed by atoms with Crippen molar-refractivity contribution in [1.29, 1.82) is 0 Å². The summed E-state index contributed by atoms with van der Waals surface area (Å²) in [6.07, 6.45) is 0. The Morgan fingerprint density at radius 2 is 0.582 bits per heavy atom. The van der Waals surface area contributed by atoms with Crippen LogP contribution in [0, 0.1) is 0 Å². The van der Waals surface area contributed by atoms with Crippen molar-refractivity contribution in [3.05, 3.63) is 249 Å². The Morgan fingerprint density at radius 3 is 1.12 bits per heavy atom. The van der Waals surface area contributed by atoms with Crippen LogP contribution in [0.15, 0.2) is 249 Å². The molecule has 0 spiro atoms. The van der Waals surface area contributed by atoms with Gasteiger partial charge in [-0.2, -0.15) is 0 Å². The molecular weight excluding hydrogens is 807 g/mol. The predicted octanol–water partition coefficient (Wildman–Crippen LogP) is 18.4. The van der Waals surface area contributed by atoms with E-state index >= 15 is 0 Å². The van der Waals surface area contributed by atoms with Gasteiger partial charge in [-0.1, -0.05) is 212 Å². The topological polar surface area (TPSA) is 4.93 Å². The summed E-state index contributed by atoms with van der Waals surface area (Å²) in [6, 6.07) is 92.1. The molecule has 0 unspecified atom stereocenters. The molecule has 1 aromatic heterocycles. The van der Waals surface area contributed by atoms with E-state index in [0.29, 0.717) is 0 Å². The maximum absolute atomic E-state index is 2.48. The highest BCUT2D eigenvalue weighted by atomic mass is 15.0. The van der Waals surface area contributed by atoms with Crippen LogP contribution < -0.4 is 0 Å². The van der Waals surface area contributed by atoms with Crippen molar-refractivity contribution in [1.82, 2.24) is 4.57 Å². The molecule has 13 aromatic carbocycles. The molecule has 0 amide bonds. The van der Waals surface area contributed by atoms with Gasteiger partial charge in [0, 0.05) is 16.5 Å². The normalized spacial score (nSPS) is 11.9. The molecule has 0 N–H and O–H groups in total. The van der Waals surface area contributed by atoms with Crippen molar-refractivity contribution in [2.75, 3.05) is 0 Å². The molecule has 0 saturated heterocycles. The zero-order valence-electron chi connectivity index (χ0n) is 36.6. The van der Waals surface area contributed by atoms with Crippen molar-refractivity contribution in [3.63, 3.8) is 0 Å². The van der Waals surface area contributed by atoms with Gasteiger partial charge in [0.05, 0.1) is 11.0 Å². The third-order valence-electron chi connectivity index (χ3n) is 14.4. The summed E-state index contributed by atoms with van der Waals surface area (Å²) in [5, 5.41) is 17.8. The molecule has 0 saturated carbocycles. The second-order valence-corrected chi connectivity index (χ2v) is 17.9. The Bertz CT molecular complexity index is 4270. The van der Waals surface area contributed by atoms with Crippen LogP contribution in [0.3, 0.4) is 0 Å². The first-order valence-electron chi connectivity index (χ1n) is 23.2. The molecule has 67 heavy (non-hydrogen) atoms. The van der Waals surface area contributed by atoms with Gasteiger partial charge in [0.15, 0.2) is 0 Å². The number of nitrogens with zero attached hydrogens (tertiary/aromatic N) is 1. The van der Waals surface area contributed by atoms with Crippen LogP contribution in [0.25, 0.3) is 137 Å². The average molecular weight is 848 g/mol. The fourth-order valence-electron chi connectivity index (χ4n) is 11.3. The third-order valence-corrected chi connectivity index (χ3v) is 14.4. The molecule has 1 nitrogen and oxygen atoms in total. The zero-order chi connectivity index (χ0) is 44.0. The molecular formula is C66H41N. The highest BCUT2D eigenvalue weighted by molar-refractivity contribution is 6.31. The molecule has 1 heterocycles. The monoisotopic (exact) mass is 847 g/mol. The number of benzene rings is 13. The second-order valence-electron chi connectivity index (χ2n) is 17.9. The molecule has 0 aliphatic rings. The van der Waals surface area contributed by atoms with Crippen LogP contribution >= 0.6 is 0 Å². The van der Waals surface area contributed by atoms with Gasteiger partial charge in [-0.25, -0.2) is 0 Å². The lowest BCUT2D eigenvalue weighted by molar-refractivity contribution is 1.18. The van der Waals surface area contributed by atoms with E-state index in [1.165, 1.54) is 131 Å². The Hall–Kier alpha value is -8.78. The summed E-state index contributed by atoms with van der Waals surface area (Å²) >= 11 is 0. The average Bonchev–Trinajstić information content (AvgIpc) is 3.75. The molecule has 14 aromatic rings. The van der Waals surface area contributed by atoms with Gasteiger partial charge in [-0.15, -0.1) is 0 Å². The summed E-state index contributed by atoms with van der Waals surface area (Å²) < 4.78 is 2.48. The SMILES string of the molecule is c1ccc(-n2c3ccc4c(-c5ccc(-c6cc7ccccc7c7ccccc67)cc5)cccc4c3c3c4ccccc4c(-c4ccc(-c5cc6ccccc6c6ccccc56)cc4)cc32)cc1. The smallest absolute Gasteiger partial charge is 0.0553 e. The predicted molar refractivity (Wildman–Crippen MR) is 288 cm³/mol. The molecule has 1 heteroatoms. The lowest BCUT2D eigenvalue weighted by atomic mass is 9.90. The number of para-hydroxylation sites is 1. The summed E-state index contributed by atoms with van der Waals surface area (Å²) in [4.78, 5) is 0. The third kappa shape index (κ3) is 5.81. The lowest BCUT2D eigenvalue weighted by Crippen LogP contribution is -1.94. The van der Waals surface area contributed by atoms with Gasteiger partial charge in [0.2, 0.25) is 0 Å². The molecule has 0 radical (unpaired) electrons. The number of rotatable bonds is 5. The van der Waals surface area contributed by atoms with E-state index < -0.39 is 0 Å². The fourth-order valence-corrected chi connectivity index (χ4v) is 11.3. The van der Waals surface area contributed by atoms with Crippen molar-refractivity contribution < 1.29 is 0 Å². The number of hydrogen-bond acceptors (Lipinski definition) is 0. The summed E-state index contributed by atoms with van der Waals surface area (Å²) in [5.74, 6) is 0. The van der Waals surface area contributed by atoms with Crippen LogP contribution in [0.2, 0.25) is 0 Å². The Labute approximate surface area is 388 Å². The minimum atomic E-state index is 1.15. The standard InChI is InChI=1S/C66H41N/c1-2-17-48(18-3-1)67-63-38-37-57-49(42-29-31-43(32-30-42)60-39-46-15-4-6-19-50(46)52-21-8-10-23-54(52)60)27-14-28-59(57)65(63)66-58-26-13-12-25-56(58)62(41-64(66)67)45-35-33-44(34-36-45)61-40-47-16-5-7-20-51(47)53-22-9-11-24-55(53)61/h1-41H. The van der Waals surface area contributed by atoms with E-state index in [0.717, 1.165) is 5.69 Å². The molecule has 310 valence electrons. The van der Waals surface area contributed by atoms with Crippen molar-refractivity contribution in [2.24, 2.45) is 0 Å². The Kier molecular flexibility index (Phi) is 8.35. The van der Waals surface area contributed by atoms with Gasteiger partial charge < -0.3 is 4.57 Å². The highest BCUT2D eigenvalue weighted by Gasteiger charge is 2.21. The molecule has 0 fully saturated rings. The quantitative estimate of drug-likeness (QED) is 0.152. The van der Waals surface area contributed by atoms with Crippen molar-refractivity contribution in [2.45, 2.75) is 0 Å². The van der Waals surface area contributed by atoms with Gasteiger partial charge in [0.25, 0.3) is 0 Å². The van der Waals surface area contributed by atoms with E-state index in [1.807, 2.05) is 0 Å². The highest BCUT2D eigenvalue weighted by Crippen LogP contribution is 2.46. The Balaban J connectivity index is 0.946. The van der Waals surface area contributed by atoms with E-state index in [9.17, 15) is 0 Å². The first kappa shape index (κ1) is 37.6.